The minimum absolute atomic E-state index is 0.0509. The third-order valence-corrected chi connectivity index (χ3v) is 1.82. The number of carboxylic acid groups (broad SMARTS) is 1. The first kappa shape index (κ1) is 16.2. The molecule has 0 radical (unpaired) electrons. The number of rotatable bonds is 1. The van der Waals surface area contributed by atoms with Crippen molar-refractivity contribution in [3.05, 3.63) is 29.8 Å². The van der Waals surface area contributed by atoms with E-state index in [1.807, 2.05) is 0 Å². The molecule has 1 rings (SSSR count). The number of hydrogen-bond donors (Lipinski definition) is 5. The summed E-state index contributed by atoms with van der Waals surface area (Å²) < 4.78 is 0. The molecule has 0 atom stereocenters. The van der Waals surface area contributed by atoms with Crippen molar-refractivity contribution >= 4 is 23.6 Å². The highest BCUT2D eigenvalue weighted by Crippen LogP contribution is 2.04. The molecule has 0 aromatic heterocycles. The number of guanidine groups is 2. The summed E-state index contributed by atoms with van der Waals surface area (Å²) in [6.45, 7) is 0. The van der Waals surface area contributed by atoms with Crippen LogP contribution < -0.4 is 17.2 Å². The molecule has 0 aliphatic heterocycles. The van der Waals surface area contributed by atoms with Gasteiger partial charge < -0.3 is 27.2 Å². The van der Waals surface area contributed by atoms with E-state index in [0.717, 1.165) is 0 Å². The zero-order chi connectivity index (χ0) is 15.0. The second kappa shape index (κ2) is 7.54. The van der Waals surface area contributed by atoms with E-state index in [1.54, 1.807) is 26.2 Å². The SMILES string of the molecule is CN(C)C(=N)N=C(N)N.Nc1ccc(C(=O)O)cc1. The zero-order valence-corrected chi connectivity index (χ0v) is 10.8. The summed E-state index contributed by atoms with van der Waals surface area (Å²) >= 11 is 0. The van der Waals surface area contributed by atoms with E-state index in [1.165, 1.54) is 17.0 Å². The first-order valence-corrected chi connectivity index (χ1v) is 5.18. The summed E-state index contributed by atoms with van der Waals surface area (Å²) in [6.07, 6.45) is 0. The fourth-order valence-electron chi connectivity index (χ4n) is 0.848. The van der Waals surface area contributed by atoms with E-state index in [-0.39, 0.29) is 17.5 Å². The molecular formula is C11H18N6O2. The summed E-state index contributed by atoms with van der Waals surface area (Å²) in [7, 11) is 3.38. The van der Waals surface area contributed by atoms with Crippen LogP contribution in [0.4, 0.5) is 5.69 Å². The lowest BCUT2D eigenvalue weighted by Gasteiger charge is -2.07. The van der Waals surface area contributed by atoms with E-state index in [9.17, 15) is 4.79 Å². The molecule has 0 saturated heterocycles. The number of nitrogen functional groups attached to an aromatic ring is 1. The van der Waals surface area contributed by atoms with E-state index in [0.29, 0.717) is 5.69 Å². The van der Waals surface area contributed by atoms with Crippen molar-refractivity contribution in [2.45, 2.75) is 0 Å². The zero-order valence-electron chi connectivity index (χ0n) is 10.8. The summed E-state index contributed by atoms with van der Waals surface area (Å²) in [4.78, 5) is 15.2. The number of carboxylic acids is 1. The number of benzene rings is 1. The first-order chi connectivity index (χ1) is 8.73. The second-order valence-electron chi connectivity index (χ2n) is 3.68. The average Bonchev–Trinajstić information content (AvgIpc) is 2.29. The van der Waals surface area contributed by atoms with E-state index < -0.39 is 5.97 Å². The van der Waals surface area contributed by atoms with Gasteiger partial charge in [0.2, 0.25) is 5.96 Å². The smallest absolute Gasteiger partial charge is 0.335 e. The van der Waals surface area contributed by atoms with Gasteiger partial charge in [0.05, 0.1) is 5.56 Å². The van der Waals surface area contributed by atoms with Crippen LogP contribution in [-0.4, -0.2) is 42.0 Å². The lowest BCUT2D eigenvalue weighted by molar-refractivity contribution is 0.0697. The van der Waals surface area contributed by atoms with Gasteiger partial charge >= 0.3 is 5.97 Å². The van der Waals surface area contributed by atoms with Crippen LogP contribution in [0.25, 0.3) is 0 Å². The average molecular weight is 266 g/mol. The van der Waals surface area contributed by atoms with Gasteiger partial charge in [0, 0.05) is 19.8 Å². The highest BCUT2D eigenvalue weighted by molar-refractivity contribution is 5.91. The number of anilines is 1. The van der Waals surface area contributed by atoms with Crippen molar-refractivity contribution in [3.8, 4) is 0 Å². The third-order valence-electron chi connectivity index (χ3n) is 1.82. The topological polar surface area (TPSA) is 155 Å². The highest BCUT2D eigenvalue weighted by atomic mass is 16.4. The number of aromatic carboxylic acids is 1. The Labute approximate surface area is 111 Å². The van der Waals surface area contributed by atoms with Gasteiger partial charge in [0.15, 0.2) is 5.96 Å². The molecule has 0 heterocycles. The highest BCUT2D eigenvalue weighted by Gasteiger charge is 1.98. The van der Waals surface area contributed by atoms with Crippen molar-refractivity contribution in [2.75, 3.05) is 19.8 Å². The van der Waals surface area contributed by atoms with Crippen molar-refractivity contribution in [1.82, 2.24) is 4.90 Å². The van der Waals surface area contributed by atoms with Gasteiger partial charge in [-0.3, -0.25) is 5.41 Å². The van der Waals surface area contributed by atoms with Crippen LogP contribution in [0.2, 0.25) is 0 Å². The van der Waals surface area contributed by atoms with Crippen molar-refractivity contribution in [1.29, 1.82) is 5.41 Å². The standard InChI is InChI=1S/C7H7NO2.C4H11N5/c8-6-3-1-5(2-4-6)7(9)10;1-9(2)4(7)8-3(5)6/h1-4H,8H2,(H,9,10);1-2H3,(H5,5,6,7,8). The molecule has 0 amide bonds. The van der Waals surface area contributed by atoms with Crippen LogP contribution in [0, 0.1) is 5.41 Å². The van der Waals surface area contributed by atoms with Crippen molar-refractivity contribution in [2.24, 2.45) is 16.5 Å². The molecule has 0 fully saturated rings. The lowest BCUT2D eigenvalue weighted by atomic mass is 10.2. The maximum Gasteiger partial charge on any atom is 0.335 e. The van der Waals surface area contributed by atoms with Gasteiger partial charge in [0.25, 0.3) is 0 Å². The number of nitrogens with two attached hydrogens (primary N) is 3. The molecule has 0 bridgehead atoms. The molecule has 1 aromatic carbocycles. The van der Waals surface area contributed by atoms with Crippen LogP contribution in [0.3, 0.4) is 0 Å². The van der Waals surface area contributed by atoms with Crippen LogP contribution in [-0.2, 0) is 0 Å². The second-order valence-corrected chi connectivity index (χ2v) is 3.68. The number of hydrogen-bond acceptors (Lipinski definition) is 3. The molecule has 0 spiro atoms. The summed E-state index contributed by atoms with van der Waals surface area (Å²) in [5.74, 6) is -0.969. The van der Waals surface area contributed by atoms with E-state index in [4.69, 9.17) is 27.7 Å². The summed E-state index contributed by atoms with van der Waals surface area (Å²) in [6, 6.07) is 6.06. The normalized spacial score (nSPS) is 8.74. The van der Waals surface area contributed by atoms with Gasteiger partial charge in [-0.25, -0.2) is 4.79 Å². The molecular weight excluding hydrogens is 248 g/mol. The number of nitrogens with zero attached hydrogens (tertiary/aromatic N) is 2. The van der Waals surface area contributed by atoms with Gasteiger partial charge in [-0.1, -0.05) is 0 Å². The molecule has 8 heteroatoms. The number of aliphatic imine (C=N–C) groups is 1. The van der Waals surface area contributed by atoms with Crippen LogP contribution in [0.1, 0.15) is 10.4 Å². The van der Waals surface area contributed by atoms with Crippen LogP contribution in [0.5, 0.6) is 0 Å². The van der Waals surface area contributed by atoms with Gasteiger partial charge in [-0.15, -0.1) is 0 Å². The Balaban J connectivity index is 0.000000344. The summed E-state index contributed by atoms with van der Waals surface area (Å²) in [5, 5.41) is 15.5. The maximum atomic E-state index is 10.3. The molecule has 0 aliphatic rings. The van der Waals surface area contributed by atoms with Gasteiger partial charge in [-0.05, 0) is 24.3 Å². The Morgan fingerprint density at radius 1 is 1.26 bits per heavy atom. The molecule has 19 heavy (non-hydrogen) atoms. The molecule has 8 N–H and O–H groups in total. The minimum Gasteiger partial charge on any atom is -0.478 e. The quantitative estimate of drug-likeness (QED) is 0.267. The Kier molecular flexibility index (Phi) is 6.44. The predicted octanol–water partition coefficient (Wildman–Crippen LogP) is -0.277. The first-order valence-electron chi connectivity index (χ1n) is 5.18. The molecule has 0 saturated carbocycles. The largest absolute Gasteiger partial charge is 0.478 e. The van der Waals surface area contributed by atoms with E-state index in [2.05, 4.69) is 4.99 Å². The maximum absolute atomic E-state index is 10.3. The monoisotopic (exact) mass is 266 g/mol. The molecule has 1 aromatic rings. The Hall–Kier alpha value is -2.77. The molecule has 0 unspecified atom stereocenters. The van der Waals surface area contributed by atoms with Crippen molar-refractivity contribution < 1.29 is 9.90 Å². The fraction of sp³-hybridized carbons (Fsp3) is 0.182. The molecule has 8 nitrogen and oxygen atoms in total. The Morgan fingerprint density at radius 3 is 2.00 bits per heavy atom. The van der Waals surface area contributed by atoms with Crippen LogP contribution >= 0.6 is 0 Å². The Bertz CT molecular complexity index is 463. The van der Waals surface area contributed by atoms with Crippen molar-refractivity contribution in [3.63, 3.8) is 0 Å². The number of nitrogens with one attached hydrogen (secondary N) is 1. The molecule has 0 aliphatic carbocycles. The fourth-order valence-corrected chi connectivity index (χ4v) is 0.848. The minimum atomic E-state index is -0.931. The van der Waals surface area contributed by atoms with Gasteiger partial charge in [-0.2, -0.15) is 4.99 Å². The number of carbonyl (C=O) groups is 1. The third kappa shape index (κ3) is 7.21. The van der Waals surface area contributed by atoms with Gasteiger partial charge in [0.1, 0.15) is 0 Å². The predicted molar refractivity (Wildman–Crippen MR) is 75.0 cm³/mol. The van der Waals surface area contributed by atoms with E-state index >= 15 is 0 Å². The van der Waals surface area contributed by atoms with Crippen LogP contribution in [0.15, 0.2) is 29.3 Å². The lowest BCUT2D eigenvalue weighted by Crippen LogP contribution is -2.28. The molecule has 104 valence electrons. The summed E-state index contributed by atoms with van der Waals surface area (Å²) in [5.41, 5.74) is 16.1. The Morgan fingerprint density at radius 2 is 1.74 bits per heavy atom.